The van der Waals surface area contributed by atoms with Gasteiger partial charge in [0.15, 0.2) is 5.82 Å². The Morgan fingerprint density at radius 2 is 2.18 bits per heavy atom. The zero-order valence-corrected chi connectivity index (χ0v) is 10.1. The number of nitrogens with zero attached hydrogens (tertiary/aromatic N) is 3. The van der Waals surface area contributed by atoms with Crippen molar-refractivity contribution in [2.24, 2.45) is 0 Å². The van der Waals surface area contributed by atoms with Gasteiger partial charge in [-0.15, -0.1) is 0 Å². The van der Waals surface area contributed by atoms with Gasteiger partial charge in [-0.05, 0) is 12.5 Å². The van der Waals surface area contributed by atoms with Crippen LogP contribution in [-0.4, -0.2) is 17.0 Å². The van der Waals surface area contributed by atoms with E-state index in [0.717, 1.165) is 12.4 Å². The smallest absolute Gasteiger partial charge is 0.155 e. The molecule has 88 valence electrons. The van der Waals surface area contributed by atoms with Crippen molar-refractivity contribution < 1.29 is 0 Å². The summed E-state index contributed by atoms with van der Waals surface area (Å²) in [5.41, 5.74) is 8.94. The fourth-order valence-corrected chi connectivity index (χ4v) is 1.81. The number of nitrogens with two attached hydrogens (primary N) is 1. The first-order valence-corrected chi connectivity index (χ1v) is 5.49. The van der Waals surface area contributed by atoms with Crippen molar-refractivity contribution in [3.8, 4) is 0 Å². The van der Waals surface area contributed by atoms with Crippen LogP contribution in [0, 0.1) is 6.92 Å². The monoisotopic (exact) mass is 228 g/mol. The summed E-state index contributed by atoms with van der Waals surface area (Å²) in [6.45, 7) is 2.87. The highest BCUT2D eigenvalue weighted by Crippen LogP contribution is 2.18. The van der Waals surface area contributed by atoms with Gasteiger partial charge in [-0.2, -0.15) is 0 Å². The van der Waals surface area contributed by atoms with Crippen molar-refractivity contribution in [3.63, 3.8) is 0 Å². The van der Waals surface area contributed by atoms with Crippen molar-refractivity contribution in [2.75, 3.05) is 17.7 Å². The van der Waals surface area contributed by atoms with E-state index in [9.17, 15) is 0 Å². The predicted octanol–water partition coefficient (Wildman–Crippen LogP) is 2.00. The van der Waals surface area contributed by atoms with Crippen LogP contribution in [0.3, 0.4) is 0 Å². The molecule has 2 N–H and O–H groups in total. The van der Waals surface area contributed by atoms with Crippen LogP contribution in [0.4, 0.5) is 11.5 Å². The number of hydrogen-bond donors (Lipinski definition) is 1. The summed E-state index contributed by atoms with van der Waals surface area (Å²) in [7, 11) is 1.97. The average molecular weight is 228 g/mol. The van der Waals surface area contributed by atoms with Crippen LogP contribution in [0.1, 0.15) is 11.1 Å². The van der Waals surface area contributed by atoms with Gasteiger partial charge >= 0.3 is 0 Å². The van der Waals surface area contributed by atoms with E-state index in [-0.39, 0.29) is 0 Å². The summed E-state index contributed by atoms with van der Waals surface area (Å²) in [6, 6.07) is 8.40. The molecule has 0 aliphatic carbocycles. The van der Waals surface area contributed by atoms with Crippen molar-refractivity contribution in [2.45, 2.75) is 13.5 Å². The number of nitrogen functional groups attached to an aromatic ring is 1. The Bertz CT molecular complexity index is 510. The fraction of sp³-hybridized carbons (Fsp3) is 0.231. The molecular formula is C13H16N4. The van der Waals surface area contributed by atoms with Gasteiger partial charge < -0.3 is 10.6 Å². The normalized spacial score (nSPS) is 10.2. The maximum atomic E-state index is 5.84. The van der Waals surface area contributed by atoms with Crippen LogP contribution in [0.2, 0.25) is 0 Å². The molecule has 1 aromatic heterocycles. The van der Waals surface area contributed by atoms with Crippen molar-refractivity contribution in [3.05, 3.63) is 47.9 Å². The van der Waals surface area contributed by atoms with Crippen LogP contribution in [0.5, 0.6) is 0 Å². The van der Waals surface area contributed by atoms with Gasteiger partial charge in [-0.1, -0.05) is 29.8 Å². The lowest BCUT2D eigenvalue weighted by molar-refractivity contribution is 0.892. The zero-order valence-electron chi connectivity index (χ0n) is 10.1. The Balaban J connectivity index is 2.17. The first kappa shape index (κ1) is 11.4. The molecule has 0 aliphatic heterocycles. The molecule has 4 heteroatoms. The fourth-order valence-electron chi connectivity index (χ4n) is 1.81. The maximum Gasteiger partial charge on any atom is 0.155 e. The third-order valence-corrected chi connectivity index (χ3v) is 2.58. The second-order valence-corrected chi connectivity index (χ2v) is 4.15. The quantitative estimate of drug-likeness (QED) is 0.873. The van der Waals surface area contributed by atoms with Crippen LogP contribution in [-0.2, 0) is 6.54 Å². The van der Waals surface area contributed by atoms with Crippen LogP contribution < -0.4 is 10.6 Å². The Morgan fingerprint density at radius 3 is 2.88 bits per heavy atom. The van der Waals surface area contributed by atoms with Crippen molar-refractivity contribution in [1.82, 2.24) is 9.97 Å². The van der Waals surface area contributed by atoms with Gasteiger partial charge in [0.1, 0.15) is 6.33 Å². The van der Waals surface area contributed by atoms with Gasteiger partial charge in [-0.25, -0.2) is 9.97 Å². The van der Waals surface area contributed by atoms with Gasteiger partial charge in [0, 0.05) is 13.6 Å². The van der Waals surface area contributed by atoms with Gasteiger partial charge in [0.2, 0.25) is 0 Å². The molecule has 1 heterocycles. The highest BCUT2D eigenvalue weighted by Gasteiger charge is 2.07. The molecule has 0 amide bonds. The van der Waals surface area contributed by atoms with Gasteiger partial charge in [0.25, 0.3) is 0 Å². The molecule has 0 aliphatic rings. The van der Waals surface area contributed by atoms with E-state index in [0.29, 0.717) is 5.69 Å². The lowest BCUT2D eigenvalue weighted by atomic mass is 10.1. The standard InChI is InChI=1S/C13H16N4/c1-10-4-3-5-11(6-10)8-17(2)13-12(14)7-15-9-16-13/h3-7,9H,8,14H2,1-2H3. The van der Waals surface area contributed by atoms with E-state index in [4.69, 9.17) is 5.73 Å². The maximum absolute atomic E-state index is 5.84. The third-order valence-electron chi connectivity index (χ3n) is 2.58. The Kier molecular flexibility index (Phi) is 3.23. The summed E-state index contributed by atoms with van der Waals surface area (Å²) in [5, 5.41) is 0. The van der Waals surface area contributed by atoms with Gasteiger partial charge in [-0.3, -0.25) is 0 Å². The summed E-state index contributed by atoms with van der Waals surface area (Å²) in [5.74, 6) is 0.765. The Morgan fingerprint density at radius 1 is 1.35 bits per heavy atom. The topological polar surface area (TPSA) is 55.0 Å². The minimum absolute atomic E-state index is 0.600. The molecule has 17 heavy (non-hydrogen) atoms. The minimum atomic E-state index is 0.600. The van der Waals surface area contributed by atoms with Crippen LogP contribution in [0.25, 0.3) is 0 Å². The largest absolute Gasteiger partial charge is 0.394 e. The van der Waals surface area contributed by atoms with Gasteiger partial charge in [0.05, 0.1) is 11.9 Å². The highest BCUT2D eigenvalue weighted by atomic mass is 15.2. The highest BCUT2D eigenvalue weighted by molar-refractivity contribution is 5.60. The molecule has 1 aromatic carbocycles. The van der Waals surface area contributed by atoms with Crippen LogP contribution in [0.15, 0.2) is 36.8 Å². The molecule has 0 bridgehead atoms. The molecule has 0 atom stereocenters. The van der Waals surface area contributed by atoms with E-state index in [1.807, 2.05) is 11.9 Å². The summed E-state index contributed by atoms with van der Waals surface area (Å²) < 4.78 is 0. The number of anilines is 2. The third kappa shape index (κ3) is 2.72. The molecule has 2 aromatic rings. The van der Waals surface area contributed by atoms with Crippen molar-refractivity contribution in [1.29, 1.82) is 0 Å². The first-order valence-electron chi connectivity index (χ1n) is 5.49. The minimum Gasteiger partial charge on any atom is -0.394 e. The predicted molar refractivity (Wildman–Crippen MR) is 69.7 cm³/mol. The summed E-state index contributed by atoms with van der Waals surface area (Å²) in [4.78, 5) is 10.1. The second kappa shape index (κ2) is 4.82. The number of aromatic nitrogens is 2. The summed E-state index contributed by atoms with van der Waals surface area (Å²) in [6.07, 6.45) is 3.13. The molecule has 2 rings (SSSR count). The molecule has 0 radical (unpaired) electrons. The van der Waals surface area contributed by atoms with E-state index >= 15 is 0 Å². The Labute approximate surface area is 101 Å². The molecule has 0 unspecified atom stereocenters. The number of rotatable bonds is 3. The molecule has 4 nitrogen and oxygen atoms in total. The molecule has 0 saturated carbocycles. The lowest BCUT2D eigenvalue weighted by Gasteiger charge is -2.19. The first-order chi connectivity index (χ1) is 8.16. The van der Waals surface area contributed by atoms with E-state index in [1.165, 1.54) is 17.5 Å². The van der Waals surface area contributed by atoms with Crippen LogP contribution >= 0.6 is 0 Å². The molecule has 0 saturated heterocycles. The molecule has 0 fully saturated rings. The van der Waals surface area contributed by atoms with E-state index in [2.05, 4.69) is 41.2 Å². The zero-order chi connectivity index (χ0) is 12.3. The number of hydrogen-bond acceptors (Lipinski definition) is 4. The van der Waals surface area contributed by atoms with E-state index in [1.54, 1.807) is 6.20 Å². The summed E-state index contributed by atoms with van der Waals surface area (Å²) >= 11 is 0. The molecule has 0 spiro atoms. The lowest BCUT2D eigenvalue weighted by Crippen LogP contribution is -2.19. The van der Waals surface area contributed by atoms with E-state index < -0.39 is 0 Å². The number of aryl methyl sites for hydroxylation is 1. The second-order valence-electron chi connectivity index (χ2n) is 4.15. The SMILES string of the molecule is Cc1cccc(CN(C)c2ncncc2N)c1. The van der Waals surface area contributed by atoms with Crippen molar-refractivity contribution >= 4 is 11.5 Å². The number of benzene rings is 1. The Hall–Kier alpha value is -2.10. The molecular weight excluding hydrogens is 212 g/mol. The average Bonchev–Trinajstić information content (AvgIpc) is 2.29.